The first-order valence-electron chi connectivity index (χ1n) is 9.83. The topological polar surface area (TPSA) is 99.5 Å². The van der Waals surface area contributed by atoms with Gasteiger partial charge in [0.2, 0.25) is 10.0 Å². The smallest absolute Gasteiger partial charge is 0.435 e. The molecule has 0 radical (unpaired) electrons. The van der Waals surface area contributed by atoms with Crippen LogP contribution >= 0.6 is 0 Å². The highest BCUT2D eigenvalue weighted by atomic mass is 32.2. The predicted octanol–water partition coefficient (Wildman–Crippen LogP) is 3.80. The molecule has 0 bridgehead atoms. The third-order valence-electron chi connectivity index (χ3n) is 4.86. The van der Waals surface area contributed by atoms with Crippen molar-refractivity contribution in [3.63, 3.8) is 0 Å². The van der Waals surface area contributed by atoms with E-state index in [1.165, 1.54) is 45.2 Å². The lowest BCUT2D eigenvalue weighted by molar-refractivity contribution is -0.146. The number of carbonyl (C=O) groups is 1. The zero-order chi connectivity index (χ0) is 25.3. The number of rotatable bonds is 7. The fraction of sp³-hybridized carbons (Fsp3) is 0.273. The van der Waals surface area contributed by atoms with E-state index in [4.69, 9.17) is 4.74 Å². The summed E-state index contributed by atoms with van der Waals surface area (Å²) in [7, 11) is -1.53. The molecule has 0 aliphatic heterocycles. The lowest BCUT2D eigenvalue weighted by atomic mass is 10.1. The SMILES string of the molecule is COC(=O)C(C)(C)NS(=O)(=O)c1ccc(-n2nc(C(F)(F)F)cc2-c2ccc(OC)cc2)cc1. The maximum atomic E-state index is 13.4. The number of aromatic nitrogens is 2. The van der Waals surface area contributed by atoms with Crippen LogP contribution in [0.25, 0.3) is 16.9 Å². The van der Waals surface area contributed by atoms with Crippen molar-refractivity contribution in [1.82, 2.24) is 14.5 Å². The molecule has 1 N–H and O–H groups in total. The van der Waals surface area contributed by atoms with Gasteiger partial charge in [0.25, 0.3) is 0 Å². The number of methoxy groups -OCH3 is 2. The molecule has 0 aliphatic carbocycles. The van der Waals surface area contributed by atoms with Crippen molar-refractivity contribution in [2.75, 3.05) is 14.2 Å². The molecule has 1 heterocycles. The van der Waals surface area contributed by atoms with Gasteiger partial charge in [-0.25, -0.2) is 13.1 Å². The number of benzene rings is 2. The van der Waals surface area contributed by atoms with Crippen molar-refractivity contribution >= 4 is 16.0 Å². The minimum atomic E-state index is -4.68. The second-order valence-corrected chi connectivity index (χ2v) is 9.45. The Balaban J connectivity index is 2.02. The lowest BCUT2D eigenvalue weighted by Gasteiger charge is -2.22. The standard InChI is InChI=1S/C22H22F3N3O5S/c1-21(2,20(29)33-4)27-34(30,31)17-11-7-15(8-12-17)28-18(13-19(26-28)22(23,24)25)14-5-9-16(32-3)10-6-14/h5-13,27H,1-4H3. The molecule has 0 atom stereocenters. The van der Waals surface area contributed by atoms with Crippen LogP contribution in [-0.4, -0.2) is 43.9 Å². The van der Waals surface area contributed by atoms with E-state index in [0.29, 0.717) is 11.3 Å². The van der Waals surface area contributed by atoms with Gasteiger partial charge in [0, 0.05) is 5.56 Å². The summed E-state index contributed by atoms with van der Waals surface area (Å²) >= 11 is 0. The summed E-state index contributed by atoms with van der Waals surface area (Å²) < 4.78 is 78.5. The Kier molecular flexibility index (Phi) is 6.76. The molecule has 1 aromatic heterocycles. The van der Waals surface area contributed by atoms with Crippen LogP contribution in [0.5, 0.6) is 5.75 Å². The minimum Gasteiger partial charge on any atom is -0.497 e. The normalized spacial score (nSPS) is 12.4. The van der Waals surface area contributed by atoms with E-state index in [2.05, 4.69) is 14.6 Å². The molecule has 8 nitrogen and oxygen atoms in total. The first-order chi connectivity index (χ1) is 15.8. The number of nitrogens with zero attached hydrogens (tertiary/aromatic N) is 2. The molecule has 0 saturated carbocycles. The lowest BCUT2D eigenvalue weighted by Crippen LogP contribution is -2.50. The highest BCUT2D eigenvalue weighted by molar-refractivity contribution is 7.89. The van der Waals surface area contributed by atoms with Gasteiger partial charge in [-0.3, -0.25) is 4.79 Å². The van der Waals surface area contributed by atoms with Gasteiger partial charge in [0.05, 0.1) is 30.5 Å². The Morgan fingerprint density at radius 1 is 1.00 bits per heavy atom. The van der Waals surface area contributed by atoms with Crippen molar-refractivity contribution in [2.24, 2.45) is 0 Å². The summed E-state index contributed by atoms with van der Waals surface area (Å²) in [6.07, 6.45) is -4.68. The predicted molar refractivity (Wildman–Crippen MR) is 117 cm³/mol. The third kappa shape index (κ3) is 5.23. The number of alkyl halides is 3. The van der Waals surface area contributed by atoms with Crippen LogP contribution in [0.2, 0.25) is 0 Å². The van der Waals surface area contributed by atoms with E-state index in [1.54, 1.807) is 24.3 Å². The number of ether oxygens (including phenoxy) is 2. The summed E-state index contributed by atoms with van der Waals surface area (Å²) in [5.41, 5.74) is -1.83. The molecule has 3 rings (SSSR count). The highest BCUT2D eigenvalue weighted by Gasteiger charge is 2.36. The van der Waals surface area contributed by atoms with Crippen LogP contribution in [-0.2, 0) is 25.7 Å². The summed E-state index contributed by atoms with van der Waals surface area (Å²) in [5, 5.41) is 3.69. The largest absolute Gasteiger partial charge is 0.497 e. The fourth-order valence-electron chi connectivity index (χ4n) is 3.14. The number of esters is 1. The second kappa shape index (κ2) is 9.11. The summed E-state index contributed by atoms with van der Waals surface area (Å²) in [5.74, 6) is -0.254. The van der Waals surface area contributed by atoms with Gasteiger partial charge in [-0.15, -0.1) is 0 Å². The van der Waals surface area contributed by atoms with Gasteiger partial charge < -0.3 is 9.47 Å². The van der Waals surface area contributed by atoms with E-state index in [1.807, 2.05) is 0 Å². The second-order valence-electron chi connectivity index (χ2n) is 7.77. The van der Waals surface area contributed by atoms with Crippen molar-refractivity contribution in [3.8, 4) is 22.7 Å². The zero-order valence-corrected chi connectivity index (χ0v) is 19.5. The van der Waals surface area contributed by atoms with Gasteiger partial charge in [-0.2, -0.15) is 23.0 Å². The Labute approximate surface area is 194 Å². The van der Waals surface area contributed by atoms with E-state index in [0.717, 1.165) is 17.9 Å². The van der Waals surface area contributed by atoms with Crippen molar-refractivity contribution in [2.45, 2.75) is 30.5 Å². The Morgan fingerprint density at radius 2 is 1.59 bits per heavy atom. The van der Waals surface area contributed by atoms with Crippen LogP contribution in [0.1, 0.15) is 19.5 Å². The first kappa shape index (κ1) is 25.2. The number of carbonyl (C=O) groups excluding carboxylic acids is 1. The zero-order valence-electron chi connectivity index (χ0n) is 18.7. The Hall–Kier alpha value is -3.38. The molecule has 0 fully saturated rings. The van der Waals surface area contributed by atoms with Gasteiger partial charge in [-0.05, 0) is 68.4 Å². The van der Waals surface area contributed by atoms with Gasteiger partial charge >= 0.3 is 12.1 Å². The van der Waals surface area contributed by atoms with E-state index in [9.17, 15) is 26.4 Å². The average Bonchev–Trinajstić information content (AvgIpc) is 3.24. The van der Waals surface area contributed by atoms with Crippen molar-refractivity contribution < 1.29 is 35.9 Å². The van der Waals surface area contributed by atoms with Crippen LogP contribution < -0.4 is 9.46 Å². The molecule has 12 heteroatoms. The molecule has 3 aromatic rings. The molecule has 0 amide bonds. The summed E-state index contributed by atoms with van der Waals surface area (Å²) in [6.45, 7) is 2.68. The first-order valence-corrected chi connectivity index (χ1v) is 11.3. The molecule has 2 aromatic carbocycles. The molecule has 0 aliphatic rings. The number of hydrogen-bond acceptors (Lipinski definition) is 6. The van der Waals surface area contributed by atoms with E-state index < -0.39 is 33.4 Å². The summed E-state index contributed by atoms with van der Waals surface area (Å²) in [6, 6.07) is 12.3. The monoisotopic (exact) mass is 497 g/mol. The minimum absolute atomic E-state index is 0.149. The quantitative estimate of drug-likeness (QED) is 0.499. The third-order valence-corrected chi connectivity index (χ3v) is 6.53. The number of sulfonamides is 1. The molecule has 34 heavy (non-hydrogen) atoms. The Morgan fingerprint density at radius 3 is 2.09 bits per heavy atom. The molecular formula is C22H22F3N3O5S. The van der Waals surface area contributed by atoms with Gasteiger partial charge in [0.1, 0.15) is 11.3 Å². The maximum absolute atomic E-state index is 13.4. The average molecular weight is 497 g/mol. The number of halogens is 3. The highest BCUT2D eigenvalue weighted by Crippen LogP contribution is 2.34. The van der Waals surface area contributed by atoms with E-state index in [-0.39, 0.29) is 16.3 Å². The van der Waals surface area contributed by atoms with E-state index >= 15 is 0 Å². The molecule has 0 saturated heterocycles. The van der Waals surface area contributed by atoms with Gasteiger partial charge in [0.15, 0.2) is 5.69 Å². The number of hydrogen-bond donors (Lipinski definition) is 1. The van der Waals surface area contributed by atoms with Gasteiger partial charge in [-0.1, -0.05) is 0 Å². The van der Waals surface area contributed by atoms with Crippen molar-refractivity contribution in [3.05, 3.63) is 60.3 Å². The van der Waals surface area contributed by atoms with Crippen molar-refractivity contribution in [1.29, 1.82) is 0 Å². The Bertz CT molecular complexity index is 1280. The summed E-state index contributed by atoms with van der Waals surface area (Å²) in [4.78, 5) is 11.6. The molecular weight excluding hydrogens is 475 g/mol. The molecule has 0 spiro atoms. The molecule has 182 valence electrons. The van der Waals surface area contributed by atoms with Crippen LogP contribution in [0.4, 0.5) is 13.2 Å². The van der Waals surface area contributed by atoms with Crippen LogP contribution in [0.3, 0.4) is 0 Å². The fourth-order valence-corrected chi connectivity index (χ4v) is 4.51. The van der Waals surface area contributed by atoms with Crippen LogP contribution in [0.15, 0.2) is 59.5 Å². The number of nitrogens with one attached hydrogen (secondary N) is 1. The molecule has 0 unspecified atom stereocenters. The maximum Gasteiger partial charge on any atom is 0.435 e. The van der Waals surface area contributed by atoms with Crippen LogP contribution in [0, 0.1) is 0 Å².